The Morgan fingerprint density at radius 3 is 1.95 bits per heavy atom. The van der Waals surface area contributed by atoms with Gasteiger partial charge < -0.3 is 9.52 Å². The summed E-state index contributed by atoms with van der Waals surface area (Å²) in [6.45, 7) is 14.5. The summed E-state index contributed by atoms with van der Waals surface area (Å²) in [5.74, 6) is -0.313. The number of carboxylic acid groups (broad SMARTS) is 1. The van der Waals surface area contributed by atoms with Gasteiger partial charge in [-0.1, -0.05) is 48.5 Å². The molecule has 19 heavy (non-hydrogen) atoms. The van der Waals surface area contributed by atoms with Crippen molar-refractivity contribution in [3.63, 3.8) is 0 Å². The van der Waals surface area contributed by atoms with Crippen molar-refractivity contribution >= 4 is 5.97 Å². The van der Waals surface area contributed by atoms with Crippen molar-refractivity contribution in [2.75, 3.05) is 0 Å². The van der Waals surface area contributed by atoms with E-state index in [0.29, 0.717) is 11.6 Å². The second-order valence-corrected chi connectivity index (χ2v) is 7.66. The van der Waals surface area contributed by atoms with Crippen LogP contribution in [0.4, 0.5) is 0 Å². The van der Waals surface area contributed by atoms with Gasteiger partial charge >= 0.3 is 5.97 Å². The molecular formula is C15H23NO3. The van der Waals surface area contributed by atoms with Crippen molar-refractivity contribution in [2.24, 2.45) is 10.8 Å². The van der Waals surface area contributed by atoms with E-state index in [1.165, 1.54) is 0 Å². The summed E-state index contributed by atoms with van der Waals surface area (Å²) < 4.78 is 5.59. The first-order valence-corrected chi connectivity index (χ1v) is 6.65. The molecule has 0 spiro atoms. The van der Waals surface area contributed by atoms with Gasteiger partial charge in [-0.2, -0.15) is 0 Å². The number of carboxylic acids is 1. The number of carbonyl (C=O) groups is 1. The Hall–Kier alpha value is -1.32. The summed E-state index contributed by atoms with van der Waals surface area (Å²) in [4.78, 5) is 15.8. The normalized spacial score (nSPS) is 21.4. The molecule has 1 aromatic rings. The summed E-state index contributed by atoms with van der Waals surface area (Å²) in [5.41, 5.74) is 0.373. The smallest absolute Gasteiger partial charge is 0.373 e. The summed E-state index contributed by atoms with van der Waals surface area (Å²) in [5, 5.41) is 9.27. The van der Waals surface area contributed by atoms with Gasteiger partial charge in [0, 0.05) is 11.3 Å². The fourth-order valence-corrected chi connectivity index (χ4v) is 2.93. The molecular weight excluding hydrogens is 242 g/mol. The van der Waals surface area contributed by atoms with E-state index in [1.54, 1.807) is 0 Å². The lowest BCUT2D eigenvalue weighted by molar-refractivity contribution is 0.0656. The Kier molecular flexibility index (Phi) is 2.68. The Morgan fingerprint density at radius 1 is 1.21 bits per heavy atom. The maximum absolute atomic E-state index is 11.3. The SMILES string of the molecule is CC(C)(C)c1nc(C2C(C)(C)C2(C)C)oc1C(=O)O. The van der Waals surface area contributed by atoms with Gasteiger partial charge in [-0.15, -0.1) is 0 Å². The van der Waals surface area contributed by atoms with E-state index in [9.17, 15) is 9.90 Å². The summed E-state index contributed by atoms with van der Waals surface area (Å²) in [6, 6.07) is 0. The van der Waals surface area contributed by atoms with E-state index >= 15 is 0 Å². The number of nitrogens with zero attached hydrogens (tertiary/aromatic N) is 1. The molecule has 0 aliphatic heterocycles. The number of hydrogen-bond acceptors (Lipinski definition) is 3. The predicted molar refractivity (Wildman–Crippen MR) is 72.5 cm³/mol. The van der Waals surface area contributed by atoms with Crippen LogP contribution < -0.4 is 0 Å². The Labute approximate surface area is 114 Å². The molecule has 1 saturated carbocycles. The summed E-state index contributed by atoms with van der Waals surface area (Å²) in [7, 11) is 0. The second kappa shape index (κ2) is 3.62. The predicted octanol–water partition coefficient (Wildman–Crippen LogP) is 3.82. The first-order valence-electron chi connectivity index (χ1n) is 6.65. The van der Waals surface area contributed by atoms with Gasteiger partial charge in [0.15, 0.2) is 5.89 Å². The summed E-state index contributed by atoms with van der Waals surface area (Å²) >= 11 is 0. The molecule has 106 valence electrons. The highest BCUT2D eigenvalue weighted by Gasteiger charge is 2.67. The van der Waals surface area contributed by atoms with Gasteiger partial charge in [0.2, 0.25) is 5.76 Å². The van der Waals surface area contributed by atoms with Crippen LogP contribution in [0.1, 0.15) is 76.5 Å². The number of oxazole rings is 1. The van der Waals surface area contributed by atoms with E-state index in [-0.39, 0.29) is 27.9 Å². The van der Waals surface area contributed by atoms with Crippen LogP contribution in [0.5, 0.6) is 0 Å². The Balaban J connectivity index is 2.50. The van der Waals surface area contributed by atoms with Crippen molar-refractivity contribution in [3.8, 4) is 0 Å². The van der Waals surface area contributed by atoms with E-state index in [4.69, 9.17) is 4.42 Å². The van der Waals surface area contributed by atoms with Gasteiger partial charge in [0.05, 0.1) is 5.69 Å². The summed E-state index contributed by atoms with van der Waals surface area (Å²) in [6.07, 6.45) is 0. The third-order valence-corrected chi connectivity index (χ3v) is 4.82. The molecule has 1 aliphatic carbocycles. The fraction of sp³-hybridized carbons (Fsp3) is 0.733. The molecule has 0 radical (unpaired) electrons. The molecule has 0 unspecified atom stereocenters. The zero-order chi connectivity index (χ0) is 14.8. The van der Waals surface area contributed by atoms with E-state index in [2.05, 4.69) is 32.7 Å². The van der Waals surface area contributed by atoms with Gasteiger partial charge in [0.25, 0.3) is 0 Å². The third kappa shape index (κ3) is 1.88. The molecule has 1 fully saturated rings. The molecule has 4 nitrogen and oxygen atoms in total. The Bertz CT molecular complexity index is 518. The first kappa shape index (κ1) is 14.1. The Morgan fingerprint density at radius 2 is 1.68 bits per heavy atom. The molecule has 0 amide bonds. The zero-order valence-electron chi connectivity index (χ0n) is 12.8. The van der Waals surface area contributed by atoms with Crippen LogP contribution >= 0.6 is 0 Å². The highest BCUT2D eigenvalue weighted by Crippen LogP contribution is 2.73. The molecule has 0 bridgehead atoms. The molecule has 2 rings (SSSR count). The molecule has 1 aliphatic rings. The average Bonchev–Trinajstić information content (AvgIpc) is 2.59. The van der Waals surface area contributed by atoms with E-state index in [1.807, 2.05) is 20.8 Å². The fourth-order valence-electron chi connectivity index (χ4n) is 2.93. The van der Waals surface area contributed by atoms with Gasteiger partial charge in [-0.3, -0.25) is 0 Å². The topological polar surface area (TPSA) is 63.3 Å². The van der Waals surface area contributed by atoms with E-state index in [0.717, 1.165) is 0 Å². The van der Waals surface area contributed by atoms with Crippen molar-refractivity contribution in [1.29, 1.82) is 0 Å². The lowest BCUT2D eigenvalue weighted by Crippen LogP contribution is -2.16. The van der Waals surface area contributed by atoms with Gasteiger partial charge in [0.1, 0.15) is 0 Å². The quantitative estimate of drug-likeness (QED) is 0.883. The van der Waals surface area contributed by atoms with Crippen molar-refractivity contribution in [3.05, 3.63) is 17.3 Å². The van der Waals surface area contributed by atoms with Crippen molar-refractivity contribution in [2.45, 2.75) is 59.8 Å². The number of hydrogen-bond donors (Lipinski definition) is 1. The molecule has 1 heterocycles. The van der Waals surface area contributed by atoms with Crippen LogP contribution in [0.3, 0.4) is 0 Å². The number of aromatic carboxylic acids is 1. The molecule has 0 saturated heterocycles. The monoisotopic (exact) mass is 265 g/mol. The van der Waals surface area contributed by atoms with Crippen LogP contribution in [0.2, 0.25) is 0 Å². The number of aromatic nitrogens is 1. The second-order valence-electron chi connectivity index (χ2n) is 7.66. The van der Waals surface area contributed by atoms with Crippen molar-refractivity contribution < 1.29 is 14.3 Å². The van der Waals surface area contributed by atoms with Gasteiger partial charge in [-0.05, 0) is 10.8 Å². The van der Waals surface area contributed by atoms with Crippen LogP contribution in [0.15, 0.2) is 4.42 Å². The van der Waals surface area contributed by atoms with Crippen LogP contribution in [-0.4, -0.2) is 16.1 Å². The van der Waals surface area contributed by atoms with Gasteiger partial charge in [-0.25, -0.2) is 9.78 Å². The minimum Gasteiger partial charge on any atom is -0.475 e. The van der Waals surface area contributed by atoms with E-state index < -0.39 is 5.97 Å². The lowest BCUT2D eigenvalue weighted by atomic mass is 9.91. The van der Waals surface area contributed by atoms with Crippen molar-refractivity contribution in [1.82, 2.24) is 4.98 Å². The van der Waals surface area contributed by atoms with Crippen LogP contribution in [0.25, 0.3) is 0 Å². The molecule has 1 aromatic heterocycles. The minimum absolute atomic E-state index is 0.0130. The molecule has 0 aromatic carbocycles. The maximum atomic E-state index is 11.3. The van der Waals surface area contributed by atoms with Crippen LogP contribution in [0, 0.1) is 10.8 Å². The third-order valence-electron chi connectivity index (χ3n) is 4.82. The van der Waals surface area contributed by atoms with Crippen LogP contribution in [-0.2, 0) is 5.41 Å². The maximum Gasteiger partial charge on any atom is 0.373 e. The average molecular weight is 265 g/mol. The molecule has 0 atom stereocenters. The molecule has 1 N–H and O–H groups in total. The minimum atomic E-state index is -1.04. The zero-order valence-corrected chi connectivity index (χ0v) is 12.8. The standard InChI is InChI=1S/C15H23NO3/c1-13(2,3)10-8(12(17)18)19-11(16-10)9-14(4,5)15(9,6)7/h9H,1-7H3,(H,17,18). The number of rotatable bonds is 2. The largest absolute Gasteiger partial charge is 0.475 e. The first-order chi connectivity index (χ1) is 8.40. The lowest BCUT2D eigenvalue weighted by Gasteiger charge is -2.14. The highest BCUT2D eigenvalue weighted by molar-refractivity contribution is 5.86. The highest BCUT2D eigenvalue weighted by atomic mass is 16.4. The molecule has 4 heteroatoms.